The molecule has 0 aromatic heterocycles. The zero-order chi connectivity index (χ0) is 6.41. The lowest BCUT2D eigenvalue weighted by molar-refractivity contribution is 0.146. The minimum atomic E-state index is -0.526. The molecule has 0 saturated heterocycles. The third-order valence-corrected chi connectivity index (χ3v) is 0.862. The molecular weight excluding hydrogens is 100 g/mol. The molecule has 47 valence electrons. The van der Waals surface area contributed by atoms with Crippen LogP contribution in [0, 0.1) is 0 Å². The average Bonchev–Trinajstić information content (AvgIpc) is 1.66. The molecule has 1 radical (unpaired) electrons. The lowest BCUT2D eigenvalue weighted by Gasteiger charge is -1.87. The minimum Gasteiger partial charge on any atom is -0.229 e. The van der Waals surface area contributed by atoms with E-state index < -0.39 is 6.10 Å². The van der Waals surface area contributed by atoms with Gasteiger partial charge in [-0.15, -0.1) is 0 Å². The second-order valence-corrected chi connectivity index (χ2v) is 1.92. The fourth-order valence-corrected chi connectivity index (χ4v) is 0.455. The molecule has 0 rings (SSSR count). The Morgan fingerprint density at radius 3 is 2.62 bits per heavy atom. The molecule has 0 fully saturated rings. The van der Waals surface area contributed by atoms with Gasteiger partial charge in [-0.1, -0.05) is 25.5 Å². The SMILES string of the molecule is CCC/C=C/C(C)[O]. The van der Waals surface area contributed by atoms with Crippen molar-refractivity contribution in [1.82, 2.24) is 0 Å². The quantitative estimate of drug-likeness (QED) is 0.500. The Hall–Kier alpha value is -0.300. The van der Waals surface area contributed by atoms with Crippen molar-refractivity contribution in [2.75, 3.05) is 0 Å². The van der Waals surface area contributed by atoms with Gasteiger partial charge >= 0.3 is 0 Å². The van der Waals surface area contributed by atoms with Crippen LogP contribution in [0.4, 0.5) is 0 Å². The van der Waals surface area contributed by atoms with Gasteiger partial charge in [0, 0.05) is 0 Å². The van der Waals surface area contributed by atoms with E-state index in [0.29, 0.717) is 0 Å². The van der Waals surface area contributed by atoms with Gasteiger partial charge in [-0.2, -0.15) is 0 Å². The highest BCUT2D eigenvalue weighted by atomic mass is 16.3. The standard InChI is InChI=1S/C7H13O/c1-3-4-5-6-7(2)8/h5-7H,3-4H2,1-2H3/b6-5+. The summed E-state index contributed by atoms with van der Waals surface area (Å²) in [6.07, 6.45) is 5.28. The van der Waals surface area contributed by atoms with E-state index in [2.05, 4.69) is 6.92 Å². The molecule has 0 bridgehead atoms. The van der Waals surface area contributed by atoms with E-state index in [9.17, 15) is 5.11 Å². The lowest BCUT2D eigenvalue weighted by atomic mass is 10.3. The van der Waals surface area contributed by atoms with Crippen molar-refractivity contribution < 1.29 is 5.11 Å². The van der Waals surface area contributed by atoms with Crippen LogP contribution in [0.3, 0.4) is 0 Å². The molecule has 0 N–H and O–H groups in total. The van der Waals surface area contributed by atoms with Crippen LogP contribution >= 0.6 is 0 Å². The summed E-state index contributed by atoms with van der Waals surface area (Å²) in [4.78, 5) is 0. The van der Waals surface area contributed by atoms with Crippen LogP contribution in [0.2, 0.25) is 0 Å². The molecule has 0 amide bonds. The molecule has 0 aliphatic carbocycles. The third-order valence-electron chi connectivity index (χ3n) is 0.862. The monoisotopic (exact) mass is 113 g/mol. The highest BCUT2D eigenvalue weighted by Gasteiger charge is 1.84. The molecule has 0 aromatic rings. The van der Waals surface area contributed by atoms with Gasteiger partial charge < -0.3 is 0 Å². The van der Waals surface area contributed by atoms with Crippen molar-refractivity contribution in [3.8, 4) is 0 Å². The second-order valence-electron chi connectivity index (χ2n) is 1.92. The Morgan fingerprint density at radius 2 is 2.25 bits per heavy atom. The van der Waals surface area contributed by atoms with Gasteiger partial charge in [-0.05, 0) is 13.3 Å². The second kappa shape index (κ2) is 4.85. The van der Waals surface area contributed by atoms with Crippen LogP contribution in [0.5, 0.6) is 0 Å². The van der Waals surface area contributed by atoms with Gasteiger partial charge in [0.25, 0.3) is 0 Å². The zero-order valence-corrected chi connectivity index (χ0v) is 5.55. The topological polar surface area (TPSA) is 19.9 Å². The van der Waals surface area contributed by atoms with Crippen molar-refractivity contribution in [3.63, 3.8) is 0 Å². The molecule has 1 nitrogen and oxygen atoms in total. The van der Waals surface area contributed by atoms with Gasteiger partial charge in [0.1, 0.15) is 6.10 Å². The van der Waals surface area contributed by atoms with Crippen LogP contribution in [0.15, 0.2) is 12.2 Å². The number of hydrogen-bond donors (Lipinski definition) is 0. The summed E-state index contributed by atoms with van der Waals surface area (Å²) in [5, 5.41) is 10.3. The molecule has 0 aliphatic rings. The van der Waals surface area contributed by atoms with Crippen molar-refractivity contribution in [1.29, 1.82) is 0 Å². The van der Waals surface area contributed by atoms with E-state index >= 15 is 0 Å². The number of rotatable bonds is 3. The highest BCUT2D eigenvalue weighted by molar-refractivity contribution is 4.85. The van der Waals surface area contributed by atoms with Crippen molar-refractivity contribution in [3.05, 3.63) is 12.2 Å². The average molecular weight is 113 g/mol. The Morgan fingerprint density at radius 1 is 1.62 bits per heavy atom. The van der Waals surface area contributed by atoms with E-state index in [-0.39, 0.29) is 0 Å². The third kappa shape index (κ3) is 5.70. The van der Waals surface area contributed by atoms with Gasteiger partial charge in [0.2, 0.25) is 0 Å². The summed E-state index contributed by atoms with van der Waals surface area (Å²) in [5.74, 6) is 0. The highest BCUT2D eigenvalue weighted by Crippen LogP contribution is 1.90. The maximum Gasteiger partial charge on any atom is 0.108 e. The van der Waals surface area contributed by atoms with Gasteiger partial charge in [0.15, 0.2) is 0 Å². The predicted octanol–water partition coefficient (Wildman–Crippen LogP) is 2.16. The molecule has 0 aliphatic heterocycles. The fourth-order valence-electron chi connectivity index (χ4n) is 0.455. The first-order valence-electron chi connectivity index (χ1n) is 3.10. The molecule has 0 saturated carbocycles. The number of hydrogen-bond acceptors (Lipinski definition) is 0. The van der Waals surface area contributed by atoms with Gasteiger partial charge in [-0.3, -0.25) is 0 Å². The first-order valence-corrected chi connectivity index (χ1v) is 3.10. The molecule has 8 heavy (non-hydrogen) atoms. The Balaban J connectivity index is 3.07. The van der Waals surface area contributed by atoms with Gasteiger partial charge in [-0.25, -0.2) is 5.11 Å². The Kier molecular flexibility index (Phi) is 4.67. The number of allylic oxidation sites excluding steroid dienone is 1. The maximum absolute atomic E-state index is 10.3. The normalized spacial score (nSPS) is 14.9. The summed E-state index contributed by atoms with van der Waals surface area (Å²) in [6.45, 7) is 3.74. The van der Waals surface area contributed by atoms with E-state index in [4.69, 9.17) is 0 Å². The minimum absolute atomic E-state index is 0.526. The summed E-state index contributed by atoms with van der Waals surface area (Å²) in [5.41, 5.74) is 0. The van der Waals surface area contributed by atoms with Crippen LogP contribution in [-0.4, -0.2) is 6.10 Å². The molecule has 1 atom stereocenters. The Labute approximate surface area is 51.0 Å². The molecule has 0 heterocycles. The summed E-state index contributed by atoms with van der Waals surface area (Å²) >= 11 is 0. The largest absolute Gasteiger partial charge is 0.229 e. The van der Waals surface area contributed by atoms with E-state index in [1.807, 2.05) is 6.08 Å². The first-order chi connectivity index (χ1) is 3.77. The smallest absolute Gasteiger partial charge is 0.108 e. The van der Waals surface area contributed by atoms with Gasteiger partial charge in [0.05, 0.1) is 0 Å². The lowest BCUT2D eigenvalue weighted by Crippen LogP contribution is -1.88. The van der Waals surface area contributed by atoms with Crippen molar-refractivity contribution >= 4 is 0 Å². The summed E-state index contributed by atoms with van der Waals surface area (Å²) < 4.78 is 0. The summed E-state index contributed by atoms with van der Waals surface area (Å²) in [6, 6.07) is 0. The number of unbranched alkanes of at least 4 members (excludes halogenated alkanes) is 1. The van der Waals surface area contributed by atoms with Crippen LogP contribution in [-0.2, 0) is 5.11 Å². The van der Waals surface area contributed by atoms with Crippen molar-refractivity contribution in [2.24, 2.45) is 0 Å². The molecular formula is C7H13O. The van der Waals surface area contributed by atoms with E-state index in [0.717, 1.165) is 12.8 Å². The van der Waals surface area contributed by atoms with Crippen LogP contribution < -0.4 is 0 Å². The molecule has 1 unspecified atom stereocenters. The van der Waals surface area contributed by atoms with Crippen molar-refractivity contribution in [2.45, 2.75) is 32.8 Å². The fraction of sp³-hybridized carbons (Fsp3) is 0.714. The Bertz CT molecular complexity index is 64.8. The zero-order valence-electron chi connectivity index (χ0n) is 5.55. The molecule has 0 aromatic carbocycles. The van der Waals surface area contributed by atoms with E-state index in [1.165, 1.54) is 0 Å². The first kappa shape index (κ1) is 7.70. The van der Waals surface area contributed by atoms with Crippen LogP contribution in [0.25, 0.3) is 0 Å². The van der Waals surface area contributed by atoms with E-state index in [1.54, 1.807) is 13.0 Å². The summed E-state index contributed by atoms with van der Waals surface area (Å²) in [7, 11) is 0. The predicted molar refractivity (Wildman–Crippen MR) is 34.2 cm³/mol. The molecule has 0 spiro atoms. The van der Waals surface area contributed by atoms with Crippen LogP contribution in [0.1, 0.15) is 26.7 Å². The molecule has 1 heteroatoms. The maximum atomic E-state index is 10.3.